The number of nitrogens with zero attached hydrogens (tertiary/aromatic N) is 3. The van der Waals surface area contributed by atoms with Crippen LogP contribution >= 0.6 is 0 Å². The van der Waals surface area contributed by atoms with Crippen molar-refractivity contribution < 1.29 is 9.53 Å². The van der Waals surface area contributed by atoms with Crippen LogP contribution in [-0.4, -0.2) is 47.1 Å². The van der Waals surface area contributed by atoms with Gasteiger partial charge in [0.15, 0.2) is 0 Å². The molecule has 0 bridgehead atoms. The molecule has 1 saturated heterocycles. The highest BCUT2D eigenvalue weighted by Crippen LogP contribution is 2.28. The lowest BCUT2D eigenvalue weighted by Gasteiger charge is -2.27. The van der Waals surface area contributed by atoms with Crippen LogP contribution in [0, 0.1) is 0 Å². The van der Waals surface area contributed by atoms with Crippen LogP contribution in [0.3, 0.4) is 0 Å². The first-order chi connectivity index (χ1) is 13.1. The fourth-order valence-corrected chi connectivity index (χ4v) is 3.36. The first-order valence-corrected chi connectivity index (χ1v) is 9.36. The van der Waals surface area contributed by atoms with Gasteiger partial charge in [0.2, 0.25) is 0 Å². The summed E-state index contributed by atoms with van der Waals surface area (Å²) in [5.74, 6) is 0.417. The van der Waals surface area contributed by atoms with Crippen molar-refractivity contribution in [1.82, 2.24) is 14.9 Å². The Hall–Kier alpha value is -2.79. The van der Waals surface area contributed by atoms with Crippen LogP contribution in [0.5, 0.6) is 0 Å². The summed E-state index contributed by atoms with van der Waals surface area (Å²) < 4.78 is 5.40. The topological polar surface area (TPSA) is 55.3 Å². The summed E-state index contributed by atoms with van der Waals surface area (Å²) in [6, 6.07) is 13.8. The van der Waals surface area contributed by atoms with Crippen LogP contribution in [0.4, 0.5) is 0 Å². The molecule has 0 radical (unpaired) electrons. The Morgan fingerprint density at radius 1 is 1.07 bits per heavy atom. The van der Waals surface area contributed by atoms with Crippen LogP contribution in [0.15, 0.2) is 48.7 Å². The number of fused-ring (bicyclic) bond motifs is 1. The van der Waals surface area contributed by atoms with Gasteiger partial charge < -0.3 is 9.64 Å². The van der Waals surface area contributed by atoms with E-state index in [2.05, 4.69) is 31.0 Å². The maximum atomic E-state index is 13.3. The van der Waals surface area contributed by atoms with Gasteiger partial charge in [-0.1, -0.05) is 26.0 Å². The first-order valence-electron chi connectivity index (χ1n) is 9.36. The number of morpholine rings is 1. The molecule has 0 N–H and O–H groups in total. The number of aromatic nitrogens is 2. The Labute approximate surface area is 159 Å². The van der Waals surface area contributed by atoms with E-state index in [-0.39, 0.29) is 5.91 Å². The zero-order valence-electron chi connectivity index (χ0n) is 15.7. The SMILES string of the molecule is CC(C)c1ccc2nc(-c3ccccn3)cc(C(=O)N3CCOCC3)c2c1. The Morgan fingerprint density at radius 3 is 2.59 bits per heavy atom. The number of hydrogen-bond acceptors (Lipinski definition) is 4. The highest BCUT2D eigenvalue weighted by atomic mass is 16.5. The molecule has 138 valence electrons. The normalized spacial score (nSPS) is 14.7. The Morgan fingerprint density at radius 2 is 1.89 bits per heavy atom. The van der Waals surface area contributed by atoms with Gasteiger partial charge in [-0.3, -0.25) is 9.78 Å². The van der Waals surface area contributed by atoms with Crippen LogP contribution in [0.25, 0.3) is 22.3 Å². The lowest BCUT2D eigenvalue weighted by atomic mass is 9.97. The van der Waals surface area contributed by atoms with Crippen LogP contribution in [0.1, 0.15) is 35.7 Å². The van der Waals surface area contributed by atoms with E-state index in [9.17, 15) is 4.79 Å². The summed E-state index contributed by atoms with van der Waals surface area (Å²) in [5, 5.41) is 0.900. The van der Waals surface area contributed by atoms with Crippen LogP contribution in [0.2, 0.25) is 0 Å². The highest BCUT2D eigenvalue weighted by molar-refractivity contribution is 6.07. The van der Waals surface area contributed by atoms with Crippen molar-refractivity contribution in [3.05, 3.63) is 59.8 Å². The van der Waals surface area contributed by atoms with Gasteiger partial charge in [0.05, 0.1) is 35.7 Å². The number of carbonyl (C=O) groups is 1. The Kier molecular flexibility index (Phi) is 4.86. The van der Waals surface area contributed by atoms with Crippen molar-refractivity contribution in [2.45, 2.75) is 19.8 Å². The largest absolute Gasteiger partial charge is 0.378 e. The van der Waals surface area contributed by atoms with Gasteiger partial charge in [-0.2, -0.15) is 0 Å². The van der Waals surface area contributed by atoms with Crippen molar-refractivity contribution in [2.75, 3.05) is 26.3 Å². The van der Waals surface area contributed by atoms with Gasteiger partial charge in [0, 0.05) is 24.7 Å². The molecule has 1 fully saturated rings. The van der Waals surface area contributed by atoms with Crippen molar-refractivity contribution in [2.24, 2.45) is 0 Å². The number of ether oxygens (including phenoxy) is 1. The third-order valence-corrected chi connectivity index (χ3v) is 4.96. The fraction of sp³-hybridized carbons (Fsp3) is 0.318. The predicted octanol–water partition coefficient (Wildman–Crippen LogP) is 3.89. The van der Waals surface area contributed by atoms with E-state index < -0.39 is 0 Å². The second kappa shape index (κ2) is 7.45. The Bertz CT molecular complexity index is 964. The molecule has 5 nitrogen and oxygen atoms in total. The molecule has 3 heterocycles. The minimum atomic E-state index is 0.0313. The van der Waals surface area contributed by atoms with Gasteiger partial charge in [0.25, 0.3) is 5.91 Å². The molecule has 3 aromatic rings. The lowest BCUT2D eigenvalue weighted by Crippen LogP contribution is -2.40. The van der Waals surface area contributed by atoms with E-state index in [1.807, 2.05) is 35.2 Å². The molecule has 1 aliphatic rings. The van der Waals surface area contributed by atoms with Gasteiger partial charge in [-0.15, -0.1) is 0 Å². The monoisotopic (exact) mass is 361 g/mol. The van der Waals surface area contributed by atoms with E-state index >= 15 is 0 Å². The Balaban J connectivity index is 1.88. The van der Waals surface area contributed by atoms with Crippen molar-refractivity contribution in [3.63, 3.8) is 0 Å². The standard InChI is InChI=1S/C22H23N3O2/c1-15(2)16-6-7-19-17(13-16)18(22(26)25-9-11-27-12-10-25)14-21(24-19)20-5-3-4-8-23-20/h3-8,13-15H,9-12H2,1-2H3. The molecule has 2 aromatic heterocycles. The zero-order valence-corrected chi connectivity index (χ0v) is 15.7. The first kappa shape index (κ1) is 17.6. The van der Waals surface area contributed by atoms with Crippen molar-refractivity contribution in [1.29, 1.82) is 0 Å². The zero-order chi connectivity index (χ0) is 18.8. The summed E-state index contributed by atoms with van der Waals surface area (Å²) in [6.07, 6.45) is 1.74. The lowest BCUT2D eigenvalue weighted by molar-refractivity contribution is 0.0304. The average Bonchev–Trinajstić information content (AvgIpc) is 2.73. The number of benzene rings is 1. The number of hydrogen-bond donors (Lipinski definition) is 0. The number of rotatable bonds is 3. The molecule has 0 aliphatic carbocycles. The van der Waals surface area contributed by atoms with E-state index in [1.54, 1.807) is 6.20 Å². The molecule has 0 spiro atoms. The van der Waals surface area contributed by atoms with E-state index in [0.29, 0.717) is 37.8 Å². The van der Waals surface area contributed by atoms with Crippen LogP contribution < -0.4 is 0 Å². The summed E-state index contributed by atoms with van der Waals surface area (Å²) in [7, 11) is 0. The summed E-state index contributed by atoms with van der Waals surface area (Å²) in [6.45, 7) is 6.70. The molecule has 5 heteroatoms. The van der Waals surface area contributed by atoms with Gasteiger partial charge in [-0.25, -0.2) is 4.98 Å². The molecule has 27 heavy (non-hydrogen) atoms. The second-order valence-electron chi connectivity index (χ2n) is 7.11. The fourth-order valence-electron chi connectivity index (χ4n) is 3.36. The number of pyridine rings is 2. The minimum Gasteiger partial charge on any atom is -0.378 e. The number of carbonyl (C=O) groups excluding carboxylic acids is 1. The van der Waals surface area contributed by atoms with Crippen molar-refractivity contribution >= 4 is 16.8 Å². The molecule has 1 aliphatic heterocycles. The third-order valence-electron chi connectivity index (χ3n) is 4.96. The van der Waals surface area contributed by atoms with E-state index in [4.69, 9.17) is 9.72 Å². The third kappa shape index (κ3) is 3.55. The van der Waals surface area contributed by atoms with Crippen molar-refractivity contribution in [3.8, 4) is 11.4 Å². The number of amides is 1. The maximum absolute atomic E-state index is 13.3. The minimum absolute atomic E-state index is 0.0313. The van der Waals surface area contributed by atoms with Gasteiger partial charge >= 0.3 is 0 Å². The highest BCUT2D eigenvalue weighted by Gasteiger charge is 2.22. The van der Waals surface area contributed by atoms with E-state index in [1.165, 1.54) is 5.56 Å². The molecule has 0 unspecified atom stereocenters. The molecule has 4 rings (SSSR count). The summed E-state index contributed by atoms with van der Waals surface area (Å²) >= 11 is 0. The summed E-state index contributed by atoms with van der Waals surface area (Å²) in [5.41, 5.74) is 4.19. The predicted molar refractivity (Wildman–Crippen MR) is 106 cm³/mol. The molecule has 0 atom stereocenters. The smallest absolute Gasteiger partial charge is 0.254 e. The molecule has 1 aromatic carbocycles. The molecular weight excluding hydrogens is 338 g/mol. The average molecular weight is 361 g/mol. The quantitative estimate of drug-likeness (QED) is 0.710. The molecule has 0 saturated carbocycles. The van der Waals surface area contributed by atoms with Crippen LogP contribution in [-0.2, 0) is 4.74 Å². The maximum Gasteiger partial charge on any atom is 0.254 e. The summed E-state index contributed by atoms with van der Waals surface area (Å²) in [4.78, 5) is 24.3. The van der Waals surface area contributed by atoms with Gasteiger partial charge in [-0.05, 0) is 41.8 Å². The second-order valence-corrected chi connectivity index (χ2v) is 7.11. The van der Waals surface area contributed by atoms with Gasteiger partial charge in [0.1, 0.15) is 0 Å². The van der Waals surface area contributed by atoms with E-state index in [0.717, 1.165) is 22.3 Å². The molecular formula is C22H23N3O2. The molecule has 1 amide bonds.